The Labute approximate surface area is 254 Å². The lowest BCUT2D eigenvalue weighted by atomic mass is 9.57. The molecule has 0 saturated carbocycles. The molecule has 5 N–H and O–H groups in total. The molecule has 7 rings (SSSR count). The minimum absolute atomic E-state index is 0.113. The molecule has 0 bridgehead atoms. The number of nitrogens with two attached hydrogens (primary N) is 2. The lowest BCUT2D eigenvalue weighted by Gasteiger charge is -2.51. The van der Waals surface area contributed by atoms with Crippen molar-refractivity contribution in [2.24, 2.45) is 11.5 Å². The van der Waals surface area contributed by atoms with Crippen LogP contribution >= 0.6 is 0 Å². The fraction of sp³-hybridized carbons (Fsp3) is 0.179. The highest BCUT2D eigenvalue weighted by Crippen LogP contribution is 2.61. The van der Waals surface area contributed by atoms with Gasteiger partial charge in [-0.2, -0.15) is 0 Å². The molecule has 1 aliphatic heterocycles. The summed E-state index contributed by atoms with van der Waals surface area (Å²) in [6, 6.07) is 47.6. The van der Waals surface area contributed by atoms with Gasteiger partial charge in [0.15, 0.2) is 0 Å². The van der Waals surface area contributed by atoms with Crippen LogP contribution in [0.2, 0.25) is 0 Å². The second-order valence-corrected chi connectivity index (χ2v) is 12.4. The molecule has 5 aromatic carbocycles. The molecule has 1 heterocycles. The number of nitrogens with zero attached hydrogens (tertiary/aromatic N) is 1. The first-order valence-corrected chi connectivity index (χ1v) is 15.1. The van der Waals surface area contributed by atoms with Crippen molar-refractivity contribution in [3.05, 3.63) is 162 Å². The van der Waals surface area contributed by atoms with Crippen LogP contribution in [0, 0.1) is 0 Å². The maximum absolute atomic E-state index is 6.17. The second-order valence-electron chi connectivity index (χ2n) is 12.4. The summed E-state index contributed by atoms with van der Waals surface area (Å²) in [5, 5.41) is 3.70. The summed E-state index contributed by atoms with van der Waals surface area (Å²) in [7, 11) is 0. The Morgan fingerprint density at radius 3 is 2.19 bits per heavy atom. The number of fused-ring (bicyclic) bond motifs is 3. The minimum Gasteiger partial charge on any atom is -0.355 e. The van der Waals surface area contributed by atoms with E-state index in [1.54, 1.807) is 0 Å². The summed E-state index contributed by atoms with van der Waals surface area (Å²) in [5.74, 6) is 0. The lowest BCUT2D eigenvalue weighted by Crippen LogP contribution is -2.55. The first-order chi connectivity index (χ1) is 20.9. The zero-order chi connectivity index (χ0) is 29.6. The summed E-state index contributed by atoms with van der Waals surface area (Å²) in [5.41, 5.74) is 22.5. The van der Waals surface area contributed by atoms with Crippen molar-refractivity contribution >= 4 is 28.3 Å². The molecule has 1 aliphatic carbocycles. The third-order valence-electron chi connectivity index (χ3n) is 9.50. The largest absolute Gasteiger partial charge is 0.355 e. The van der Waals surface area contributed by atoms with E-state index in [9.17, 15) is 0 Å². The van der Waals surface area contributed by atoms with Gasteiger partial charge in [-0.3, -0.25) is 0 Å². The number of hydrogen-bond donors (Lipinski definition) is 3. The van der Waals surface area contributed by atoms with E-state index in [1.165, 1.54) is 28.0 Å². The van der Waals surface area contributed by atoms with Crippen LogP contribution in [-0.4, -0.2) is 6.04 Å². The second kappa shape index (κ2) is 10.6. The Hall–Kier alpha value is -4.64. The Morgan fingerprint density at radius 1 is 0.744 bits per heavy atom. The van der Waals surface area contributed by atoms with Gasteiger partial charge in [0.1, 0.15) is 0 Å². The minimum atomic E-state index is -0.531. The van der Waals surface area contributed by atoms with Crippen LogP contribution in [0.3, 0.4) is 0 Å². The molecule has 2 unspecified atom stereocenters. The molecule has 2 aliphatic rings. The summed E-state index contributed by atoms with van der Waals surface area (Å²) < 4.78 is 0. The fourth-order valence-corrected chi connectivity index (χ4v) is 7.68. The van der Waals surface area contributed by atoms with Crippen molar-refractivity contribution < 1.29 is 0 Å². The maximum atomic E-state index is 6.17. The molecule has 5 aromatic rings. The highest BCUT2D eigenvalue weighted by molar-refractivity contribution is 5.85. The fourth-order valence-electron chi connectivity index (χ4n) is 7.68. The van der Waals surface area contributed by atoms with Crippen LogP contribution in [0.5, 0.6) is 0 Å². The third kappa shape index (κ3) is 4.55. The molecule has 0 radical (unpaired) electrons. The highest BCUT2D eigenvalue weighted by atomic mass is 15.2. The number of anilines is 4. The van der Waals surface area contributed by atoms with Crippen molar-refractivity contribution in [3.8, 4) is 0 Å². The predicted octanol–water partition coefficient (Wildman–Crippen LogP) is 8.57. The van der Waals surface area contributed by atoms with Crippen molar-refractivity contribution in [2.45, 2.75) is 43.3 Å². The van der Waals surface area contributed by atoms with E-state index in [-0.39, 0.29) is 16.9 Å². The molecular formula is C39H38N4. The molecule has 0 amide bonds. The Bertz CT molecular complexity index is 1800. The third-order valence-corrected chi connectivity index (χ3v) is 9.50. The molecule has 0 saturated heterocycles. The van der Waals surface area contributed by atoms with Gasteiger partial charge in [-0.1, -0.05) is 110 Å². The van der Waals surface area contributed by atoms with Crippen LogP contribution in [-0.2, 0) is 10.8 Å². The standard InChI is InChI=1S/C39H38N4/c1-38(29-15-5-3-6-16-29)25-28(32-20-9-11-22-34(32)42-30-17-7-4-8-18-30)26-39(2)33-21-10-12-23-35(33)43(37(38)39)31-19-13-14-27(24-31)36(40)41/h3-25,36-37,42H,26,40-41H2,1-2H3/t37?,38-,39?/m1/s1. The summed E-state index contributed by atoms with van der Waals surface area (Å²) in [4.78, 5) is 2.55. The van der Waals surface area contributed by atoms with Crippen molar-refractivity contribution in [1.29, 1.82) is 0 Å². The van der Waals surface area contributed by atoms with Crippen molar-refractivity contribution in [1.82, 2.24) is 0 Å². The monoisotopic (exact) mass is 562 g/mol. The molecule has 0 spiro atoms. The summed E-state index contributed by atoms with van der Waals surface area (Å²) in [6.45, 7) is 4.87. The van der Waals surface area contributed by atoms with Gasteiger partial charge >= 0.3 is 0 Å². The Balaban J connectivity index is 1.45. The maximum Gasteiger partial charge on any atom is 0.0785 e. The number of allylic oxidation sites excluding steroid dienone is 1. The summed E-state index contributed by atoms with van der Waals surface area (Å²) >= 11 is 0. The Kier molecular flexibility index (Phi) is 6.69. The predicted molar refractivity (Wildman–Crippen MR) is 180 cm³/mol. The van der Waals surface area contributed by atoms with Crippen LogP contribution in [0.15, 0.2) is 140 Å². The van der Waals surface area contributed by atoms with E-state index in [1.807, 2.05) is 12.1 Å². The molecule has 4 heteroatoms. The van der Waals surface area contributed by atoms with Gasteiger partial charge in [0.2, 0.25) is 0 Å². The lowest BCUT2D eigenvalue weighted by molar-refractivity contribution is 0.298. The highest BCUT2D eigenvalue weighted by Gasteiger charge is 2.58. The molecule has 0 fully saturated rings. The van der Waals surface area contributed by atoms with E-state index in [0.29, 0.717) is 0 Å². The first-order valence-electron chi connectivity index (χ1n) is 15.1. The van der Waals surface area contributed by atoms with Gasteiger partial charge in [-0.25, -0.2) is 0 Å². The molecule has 43 heavy (non-hydrogen) atoms. The van der Waals surface area contributed by atoms with Crippen LogP contribution in [0.4, 0.5) is 22.7 Å². The zero-order valence-corrected chi connectivity index (χ0v) is 24.7. The smallest absolute Gasteiger partial charge is 0.0785 e. The average Bonchev–Trinajstić information content (AvgIpc) is 3.31. The van der Waals surface area contributed by atoms with Crippen LogP contribution < -0.4 is 21.7 Å². The number of nitrogens with one attached hydrogen (secondary N) is 1. The number of benzene rings is 5. The zero-order valence-electron chi connectivity index (χ0n) is 24.7. The summed E-state index contributed by atoms with van der Waals surface area (Å²) in [6.07, 6.45) is 2.91. The van der Waals surface area contributed by atoms with Gasteiger partial charge < -0.3 is 21.7 Å². The van der Waals surface area contributed by atoms with Gasteiger partial charge in [0, 0.05) is 39.1 Å². The van der Waals surface area contributed by atoms with Crippen molar-refractivity contribution in [2.75, 3.05) is 10.2 Å². The average molecular weight is 563 g/mol. The molecule has 214 valence electrons. The molecule has 0 aromatic heterocycles. The van der Waals surface area contributed by atoms with Gasteiger partial charge in [0.25, 0.3) is 0 Å². The number of hydrogen-bond acceptors (Lipinski definition) is 4. The van der Waals surface area contributed by atoms with Gasteiger partial charge in [-0.15, -0.1) is 0 Å². The number of rotatable bonds is 6. The molecule has 3 atom stereocenters. The molecular weight excluding hydrogens is 524 g/mol. The van der Waals surface area contributed by atoms with E-state index in [2.05, 4.69) is 151 Å². The molecule has 4 nitrogen and oxygen atoms in total. The van der Waals surface area contributed by atoms with E-state index in [0.717, 1.165) is 29.0 Å². The Morgan fingerprint density at radius 2 is 1.42 bits per heavy atom. The van der Waals surface area contributed by atoms with Gasteiger partial charge in [0.05, 0.1) is 12.2 Å². The first kappa shape index (κ1) is 27.2. The van der Waals surface area contributed by atoms with Crippen LogP contribution in [0.25, 0.3) is 5.57 Å². The SMILES string of the molecule is CC12CC(c3ccccc3Nc3ccccc3)=C[C@](C)(c3ccccc3)C1N(c1cccc(C(N)N)c1)c1ccccc12. The topological polar surface area (TPSA) is 67.3 Å². The quantitative estimate of drug-likeness (QED) is 0.181. The number of para-hydroxylation sites is 3. The normalized spacial score (nSPS) is 22.6. The van der Waals surface area contributed by atoms with E-state index < -0.39 is 6.17 Å². The van der Waals surface area contributed by atoms with E-state index in [4.69, 9.17) is 11.5 Å². The van der Waals surface area contributed by atoms with Gasteiger partial charge in [-0.05, 0) is 72.0 Å². The van der Waals surface area contributed by atoms with Crippen molar-refractivity contribution in [3.63, 3.8) is 0 Å². The van der Waals surface area contributed by atoms with E-state index >= 15 is 0 Å². The van der Waals surface area contributed by atoms with Crippen LogP contribution in [0.1, 0.15) is 48.7 Å².